The normalized spacial score (nSPS) is 12.9. The number of hydrogen-bond acceptors (Lipinski definition) is 7. The van der Waals surface area contributed by atoms with Crippen molar-refractivity contribution in [3.05, 3.63) is 66.0 Å². The van der Waals surface area contributed by atoms with Crippen LogP contribution in [0.5, 0.6) is 5.75 Å². The molecule has 0 bridgehead atoms. The molecule has 3 N–H and O–H groups in total. The van der Waals surface area contributed by atoms with Gasteiger partial charge < -0.3 is 15.4 Å². The van der Waals surface area contributed by atoms with Crippen LogP contribution in [-0.4, -0.2) is 36.8 Å². The number of sulfonamides is 1. The Morgan fingerprint density at radius 3 is 2.65 bits per heavy atom. The third-order valence-corrected chi connectivity index (χ3v) is 5.66. The molecule has 0 spiro atoms. The molecule has 0 unspecified atom stereocenters. The number of fused-ring (bicyclic) bond motifs is 1. The fourth-order valence-corrected chi connectivity index (χ4v) is 3.77. The number of carbonyl (C=O) groups excluding carboxylic acids is 2. The highest BCUT2D eigenvalue weighted by atomic mass is 32.2. The lowest BCUT2D eigenvalue weighted by atomic mass is 10.1. The molecule has 0 fully saturated rings. The van der Waals surface area contributed by atoms with Gasteiger partial charge in [-0.05, 0) is 55.5 Å². The number of hydrogen-bond donors (Lipinski definition) is 3. The van der Waals surface area contributed by atoms with Gasteiger partial charge in [-0.2, -0.15) is 0 Å². The lowest BCUT2D eigenvalue weighted by Crippen LogP contribution is -2.25. The van der Waals surface area contributed by atoms with Crippen LogP contribution in [0.4, 0.5) is 17.3 Å². The van der Waals surface area contributed by atoms with E-state index in [1.54, 1.807) is 25.1 Å². The highest BCUT2D eigenvalue weighted by Crippen LogP contribution is 2.28. The van der Waals surface area contributed by atoms with Crippen LogP contribution >= 0.6 is 0 Å². The number of nitrogens with one attached hydrogen (secondary N) is 3. The summed E-state index contributed by atoms with van der Waals surface area (Å²) in [6, 6.07) is 12.0. The largest absolute Gasteiger partial charge is 0.482 e. The number of benzene rings is 2. The standard InChI is InChI=1S/C20H17N5O5S/c1-12-8-9-21-20(22-12)25-31(28,29)15-5-3-14(4-6-15)23-19(27)13-2-7-17-16(10-13)24-18(26)11-30-17/h2-10H,11H2,1H3,(H,23,27)(H,24,26)(H,21,22,25). The molecule has 0 atom stereocenters. The number of aryl methyl sites for hydroxylation is 1. The average Bonchev–Trinajstić information content (AvgIpc) is 2.73. The Balaban J connectivity index is 1.46. The van der Waals surface area contributed by atoms with E-state index < -0.39 is 15.9 Å². The molecule has 0 radical (unpaired) electrons. The number of rotatable bonds is 5. The minimum Gasteiger partial charge on any atom is -0.482 e. The van der Waals surface area contributed by atoms with E-state index >= 15 is 0 Å². The maximum absolute atomic E-state index is 12.5. The Bertz CT molecular complexity index is 1280. The first kappa shape index (κ1) is 20.3. The zero-order valence-corrected chi connectivity index (χ0v) is 17.1. The smallest absolute Gasteiger partial charge is 0.264 e. The van der Waals surface area contributed by atoms with Crippen molar-refractivity contribution in [3.8, 4) is 5.75 Å². The molecular weight excluding hydrogens is 422 g/mol. The second-order valence-electron chi connectivity index (χ2n) is 6.65. The molecule has 4 rings (SSSR count). The number of anilines is 3. The summed E-state index contributed by atoms with van der Waals surface area (Å²) in [5.41, 5.74) is 1.74. The molecule has 1 aromatic heterocycles. The van der Waals surface area contributed by atoms with Gasteiger partial charge in [0.25, 0.3) is 21.8 Å². The molecule has 1 aliphatic rings. The summed E-state index contributed by atoms with van der Waals surface area (Å²) >= 11 is 0. The quantitative estimate of drug-likeness (QED) is 0.553. The van der Waals surface area contributed by atoms with E-state index in [1.807, 2.05) is 0 Å². The topological polar surface area (TPSA) is 139 Å². The van der Waals surface area contributed by atoms with Crippen molar-refractivity contribution in [3.63, 3.8) is 0 Å². The number of ether oxygens (including phenoxy) is 1. The molecular formula is C20H17N5O5S. The van der Waals surface area contributed by atoms with Crippen molar-refractivity contribution in [2.45, 2.75) is 11.8 Å². The zero-order valence-electron chi connectivity index (χ0n) is 16.2. The monoisotopic (exact) mass is 439 g/mol. The van der Waals surface area contributed by atoms with Gasteiger partial charge in [-0.25, -0.2) is 23.1 Å². The number of aromatic nitrogens is 2. The van der Waals surface area contributed by atoms with E-state index in [1.165, 1.54) is 36.5 Å². The van der Waals surface area contributed by atoms with E-state index in [-0.39, 0.29) is 23.4 Å². The minimum atomic E-state index is -3.88. The molecule has 0 saturated heterocycles. The van der Waals surface area contributed by atoms with Gasteiger partial charge in [0.1, 0.15) is 5.75 Å². The number of carbonyl (C=O) groups is 2. The van der Waals surface area contributed by atoms with Crippen molar-refractivity contribution < 1.29 is 22.7 Å². The molecule has 3 aromatic rings. The van der Waals surface area contributed by atoms with Gasteiger partial charge in [0.15, 0.2) is 6.61 Å². The van der Waals surface area contributed by atoms with Crippen LogP contribution in [0.15, 0.2) is 59.6 Å². The summed E-state index contributed by atoms with van der Waals surface area (Å²) < 4.78 is 32.6. The average molecular weight is 439 g/mol. The number of nitrogens with zero attached hydrogens (tertiary/aromatic N) is 2. The molecule has 0 aliphatic carbocycles. The highest BCUT2D eigenvalue weighted by Gasteiger charge is 2.19. The molecule has 2 amide bonds. The summed E-state index contributed by atoms with van der Waals surface area (Å²) in [6.45, 7) is 1.65. The van der Waals surface area contributed by atoms with Crippen LogP contribution < -0.4 is 20.1 Å². The summed E-state index contributed by atoms with van der Waals surface area (Å²) in [6.07, 6.45) is 1.46. The Morgan fingerprint density at radius 2 is 1.90 bits per heavy atom. The molecule has 0 saturated carbocycles. The fraction of sp³-hybridized carbons (Fsp3) is 0.100. The fourth-order valence-electron chi connectivity index (χ4n) is 2.82. The summed E-state index contributed by atoms with van der Waals surface area (Å²) in [7, 11) is -3.88. The maximum atomic E-state index is 12.5. The summed E-state index contributed by atoms with van der Waals surface area (Å²) in [4.78, 5) is 31.9. The first-order valence-electron chi connectivity index (χ1n) is 9.11. The van der Waals surface area contributed by atoms with Gasteiger partial charge in [-0.1, -0.05) is 0 Å². The second-order valence-corrected chi connectivity index (χ2v) is 8.34. The van der Waals surface area contributed by atoms with Crippen molar-refractivity contribution in [2.24, 2.45) is 0 Å². The first-order valence-corrected chi connectivity index (χ1v) is 10.6. The molecule has 2 heterocycles. The van der Waals surface area contributed by atoms with Gasteiger partial charge in [-0.3, -0.25) is 9.59 Å². The van der Waals surface area contributed by atoms with Gasteiger partial charge in [0, 0.05) is 23.1 Å². The van der Waals surface area contributed by atoms with Crippen LogP contribution in [0.25, 0.3) is 0 Å². The zero-order chi connectivity index (χ0) is 22.0. The Morgan fingerprint density at radius 1 is 1.13 bits per heavy atom. The van der Waals surface area contributed by atoms with Gasteiger partial charge in [-0.15, -0.1) is 0 Å². The van der Waals surface area contributed by atoms with Crippen molar-refractivity contribution in [1.29, 1.82) is 0 Å². The molecule has 11 heteroatoms. The Kier molecular flexibility index (Phi) is 5.26. The van der Waals surface area contributed by atoms with Crippen molar-refractivity contribution in [1.82, 2.24) is 9.97 Å². The molecule has 1 aliphatic heterocycles. The first-order chi connectivity index (χ1) is 14.8. The van der Waals surface area contributed by atoms with Crippen molar-refractivity contribution >= 4 is 39.2 Å². The molecule has 158 valence electrons. The van der Waals surface area contributed by atoms with E-state index in [4.69, 9.17) is 4.74 Å². The van der Waals surface area contributed by atoms with E-state index in [2.05, 4.69) is 25.3 Å². The summed E-state index contributed by atoms with van der Waals surface area (Å²) in [5, 5.41) is 5.32. The van der Waals surface area contributed by atoms with Crippen LogP contribution in [0.2, 0.25) is 0 Å². The SMILES string of the molecule is Cc1ccnc(NS(=O)(=O)c2ccc(NC(=O)c3ccc4c(c3)NC(=O)CO4)cc2)n1. The van der Waals surface area contributed by atoms with E-state index in [0.717, 1.165) is 0 Å². The van der Waals surface area contributed by atoms with E-state index in [0.29, 0.717) is 28.4 Å². The van der Waals surface area contributed by atoms with Crippen LogP contribution in [-0.2, 0) is 14.8 Å². The lowest BCUT2D eigenvalue weighted by molar-refractivity contribution is -0.118. The minimum absolute atomic E-state index is 0.00996. The third-order valence-electron chi connectivity index (χ3n) is 4.32. The lowest BCUT2D eigenvalue weighted by Gasteiger charge is -2.18. The molecule has 31 heavy (non-hydrogen) atoms. The second kappa shape index (κ2) is 8.03. The highest BCUT2D eigenvalue weighted by molar-refractivity contribution is 7.92. The molecule has 10 nitrogen and oxygen atoms in total. The van der Waals surface area contributed by atoms with Crippen LogP contribution in [0.3, 0.4) is 0 Å². The van der Waals surface area contributed by atoms with Crippen LogP contribution in [0.1, 0.15) is 16.1 Å². The predicted molar refractivity (Wildman–Crippen MR) is 113 cm³/mol. The van der Waals surface area contributed by atoms with Crippen molar-refractivity contribution in [2.75, 3.05) is 22.0 Å². The summed E-state index contributed by atoms with van der Waals surface area (Å²) in [5.74, 6) is -0.271. The van der Waals surface area contributed by atoms with Crippen LogP contribution in [0, 0.1) is 6.92 Å². The molecule has 2 aromatic carbocycles. The van der Waals surface area contributed by atoms with E-state index in [9.17, 15) is 18.0 Å². The Labute approximate surface area is 177 Å². The third kappa shape index (κ3) is 4.61. The predicted octanol–water partition coefficient (Wildman–Crippen LogP) is 2.17. The number of amides is 2. The van der Waals surface area contributed by atoms with Gasteiger partial charge in [0.05, 0.1) is 10.6 Å². The Hall–Kier alpha value is -3.99. The maximum Gasteiger partial charge on any atom is 0.264 e. The van der Waals surface area contributed by atoms with Gasteiger partial charge in [0.2, 0.25) is 5.95 Å². The van der Waals surface area contributed by atoms with Gasteiger partial charge >= 0.3 is 0 Å².